The fraction of sp³-hybridized carbons (Fsp3) is 0.409. The van der Waals surface area contributed by atoms with Crippen LogP contribution >= 0.6 is 0 Å². The van der Waals surface area contributed by atoms with Crippen molar-refractivity contribution in [3.05, 3.63) is 60.2 Å². The summed E-state index contributed by atoms with van der Waals surface area (Å²) in [5, 5.41) is 19.2. The first-order valence-electron chi connectivity index (χ1n) is 9.30. The molecule has 0 aromatic heterocycles. The summed E-state index contributed by atoms with van der Waals surface area (Å²) in [6.07, 6.45) is -0.0327. The zero-order valence-corrected chi connectivity index (χ0v) is 18.7. The Morgan fingerprint density at radius 1 is 0.889 bits per heavy atom. The lowest BCUT2D eigenvalue weighted by molar-refractivity contribution is -0.923. The van der Waals surface area contributed by atoms with E-state index in [1.165, 1.54) is 0 Å². The third-order valence-electron chi connectivity index (χ3n) is 5.00. The van der Waals surface area contributed by atoms with Gasteiger partial charge in [-0.05, 0) is 37.5 Å². The molecule has 2 rings (SSSR count). The van der Waals surface area contributed by atoms with Gasteiger partial charge in [0.05, 0.1) is 26.2 Å². The van der Waals surface area contributed by atoms with Gasteiger partial charge >= 0.3 is 0 Å². The Morgan fingerprint density at radius 2 is 1.37 bits per heavy atom. The van der Waals surface area contributed by atoms with E-state index in [0.717, 1.165) is 47.4 Å². The predicted molar refractivity (Wildman–Crippen MR) is 104 cm³/mol. The van der Waals surface area contributed by atoms with Gasteiger partial charge in [0, 0.05) is 12.4 Å². The molecule has 0 fully saturated rings. The molecule has 2 aromatic carbocycles. The fourth-order valence-corrected chi connectivity index (χ4v) is 2.97. The second-order valence-corrected chi connectivity index (χ2v) is 6.35. The molecule has 0 heterocycles. The van der Waals surface area contributed by atoms with E-state index >= 15 is 0 Å². The molecule has 0 bridgehead atoms. The van der Waals surface area contributed by atoms with Crippen LogP contribution in [0.25, 0.3) is 11.1 Å². The number of halogens is 1. The lowest BCUT2D eigenvalue weighted by Gasteiger charge is -2.34. The van der Waals surface area contributed by atoms with Crippen LogP contribution in [-0.4, -0.2) is 48.3 Å². The molecule has 0 aliphatic heterocycles. The number of hydrogen-bond donors (Lipinski definition) is 1. The summed E-state index contributed by atoms with van der Waals surface area (Å²) in [6, 6.07) is 17.4. The van der Waals surface area contributed by atoms with Gasteiger partial charge < -0.3 is 43.5 Å². The number of quaternary nitrogens is 1. The van der Waals surface area contributed by atoms with E-state index in [4.69, 9.17) is 5.11 Å². The highest BCUT2D eigenvalue weighted by atomic mass is 127. The van der Waals surface area contributed by atoms with Crippen LogP contribution in [0.2, 0.25) is 0 Å². The first kappa shape index (κ1) is 25.6. The summed E-state index contributed by atoms with van der Waals surface area (Å²) >= 11 is 0. The second kappa shape index (κ2) is 13.7. The van der Waals surface area contributed by atoms with Crippen LogP contribution in [0.3, 0.4) is 0 Å². The zero-order valence-electron chi connectivity index (χ0n) is 16.5. The maximum absolute atomic E-state index is 10.4. The van der Waals surface area contributed by atoms with Gasteiger partial charge in [-0.1, -0.05) is 54.6 Å². The molecule has 0 atom stereocenters. The number of aliphatic hydroxyl groups excluding tert-OH is 1. The number of rotatable bonds is 8. The second-order valence-electron chi connectivity index (χ2n) is 6.35. The molecule has 150 valence electrons. The average Bonchev–Trinajstić information content (AvgIpc) is 2.68. The molecule has 2 aromatic rings. The van der Waals surface area contributed by atoms with Crippen LogP contribution in [0, 0.1) is 0 Å². The lowest BCUT2D eigenvalue weighted by atomic mass is 10.0. The van der Waals surface area contributed by atoms with Gasteiger partial charge in [-0.3, -0.25) is 0 Å². The molecular formula is C22H31INO3-. The summed E-state index contributed by atoms with van der Waals surface area (Å²) < 4.78 is 1.05. The van der Waals surface area contributed by atoms with Gasteiger partial charge in [0.25, 0.3) is 0 Å². The topological polar surface area (TPSA) is 60.4 Å². The molecule has 0 amide bonds. The van der Waals surface area contributed by atoms with Crippen molar-refractivity contribution in [3.63, 3.8) is 0 Å². The number of aliphatic carboxylic acids is 1. The van der Waals surface area contributed by atoms with E-state index in [-0.39, 0.29) is 30.4 Å². The molecule has 27 heavy (non-hydrogen) atoms. The Bertz CT molecular complexity index is 632. The third kappa shape index (κ3) is 8.86. The first-order chi connectivity index (χ1) is 12.5. The molecule has 0 saturated carbocycles. The number of carbonyl (C=O) groups excluding carboxylic acids is 1. The molecule has 0 radical (unpaired) electrons. The minimum atomic E-state index is -1.05. The van der Waals surface area contributed by atoms with Gasteiger partial charge in [-0.25, -0.2) is 0 Å². The summed E-state index contributed by atoms with van der Waals surface area (Å²) in [4.78, 5) is 10.4. The van der Waals surface area contributed by atoms with E-state index in [1.807, 2.05) is 54.6 Å². The van der Waals surface area contributed by atoms with Crippen LogP contribution in [0.15, 0.2) is 54.6 Å². The van der Waals surface area contributed by atoms with Crippen molar-refractivity contribution in [2.45, 2.75) is 27.2 Å². The molecule has 0 unspecified atom stereocenters. The molecule has 5 heteroatoms. The van der Waals surface area contributed by atoms with Crippen molar-refractivity contribution in [3.8, 4) is 11.1 Å². The summed E-state index contributed by atoms with van der Waals surface area (Å²) in [5.41, 5.74) is 2.98. The highest BCUT2D eigenvalue weighted by Crippen LogP contribution is 2.19. The van der Waals surface area contributed by atoms with Crippen LogP contribution in [-0.2, 0) is 11.2 Å². The number of aliphatic hydroxyl groups is 1. The number of carboxylic acid groups (broad SMARTS) is 1. The van der Waals surface area contributed by atoms with Crippen molar-refractivity contribution in [2.75, 3.05) is 32.8 Å². The molecular weight excluding hydrogens is 453 g/mol. The monoisotopic (exact) mass is 484 g/mol. The van der Waals surface area contributed by atoms with Crippen molar-refractivity contribution in [2.24, 2.45) is 0 Å². The van der Waals surface area contributed by atoms with E-state index in [2.05, 4.69) is 20.8 Å². The lowest BCUT2D eigenvalue weighted by Crippen LogP contribution is -3.00. The Kier molecular flexibility index (Phi) is 13.0. The summed E-state index contributed by atoms with van der Waals surface area (Å²) in [5.74, 6) is -1.05. The SMILES string of the molecule is CC[N+](CC)(CC)CCO.O=C([O-])Cc1ccc(-c2ccccc2)cc1.[I-]. The Balaban J connectivity index is 0.000000539. The van der Waals surface area contributed by atoms with Gasteiger partial charge in [0.1, 0.15) is 6.54 Å². The fourth-order valence-electron chi connectivity index (χ4n) is 2.97. The van der Waals surface area contributed by atoms with Crippen LogP contribution in [0.5, 0.6) is 0 Å². The minimum absolute atomic E-state index is 0. The minimum Gasteiger partial charge on any atom is -1.00 e. The van der Waals surface area contributed by atoms with Gasteiger partial charge in [0.2, 0.25) is 0 Å². The smallest absolute Gasteiger partial charge is 0.102 e. The highest BCUT2D eigenvalue weighted by Gasteiger charge is 2.18. The van der Waals surface area contributed by atoms with Crippen molar-refractivity contribution < 1.29 is 43.5 Å². The molecule has 1 N–H and O–H groups in total. The Hall–Kier alpha value is -1.44. The number of carbonyl (C=O) groups is 1. The molecule has 0 saturated heterocycles. The Morgan fingerprint density at radius 3 is 1.74 bits per heavy atom. The normalized spacial score (nSPS) is 10.4. The predicted octanol–water partition coefficient (Wildman–Crippen LogP) is -0.495. The number of likely N-dealkylation sites (N-methyl/N-ethyl adjacent to an activating group) is 1. The number of nitrogens with zero attached hydrogens (tertiary/aromatic N) is 1. The number of hydrogen-bond acceptors (Lipinski definition) is 3. The van der Waals surface area contributed by atoms with Crippen LogP contribution in [0.4, 0.5) is 0 Å². The van der Waals surface area contributed by atoms with Gasteiger partial charge in [0.15, 0.2) is 0 Å². The molecule has 4 nitrogen and oxygen atoms in total. The average molecular weight is 484 g/mol. The van der Waals surface area contributed by atoms with E-state index in [9.17, 15) is 9.90 Å². The van der Waals surface area contributed by atoms with E-state index in [1.54, 1.807) is 0 Å². The maximum Gasteiger partial charge on any atom is 0.102 e. The third-order valence-corrected chi connectivity index (χ3v) is 5.00. The quantitative estimate of drug-likeness (QED) is 0.407. The molecule has 0 aliphatic carbocycles. The molecule has 0 spiro atoms. The summed E-state index contributed by atoms with van der Waals surface area (Å²) in [7, 11) is 0. The number of benzene rings is 2. The molecule has 0 aliphatic rings. The Labute approximate surface area is 180 Å². The van der Waals surface area contributed by atoms with Crippen molar-refractivity contribution in [1.82, 2.24) is 0 Å². The van der Waals surface area contributed by atoms with E-state index in [0.29, 0.717) is 6.61 Å². The van der Waals surface area contributed by atoms with Gasteiger partial charge in [-0.15, -0.1) is 0 Å². The zero-order chi connectivity index (χ0) is 19.4. The van der Waals surface area contributed by atoms with E-state index < -0.39 is 5.97 Å². The standard InChI is InChI=1S/C14H12O2.C8H20NO.HI/c15-14(16)10-11-6-8-13(9-7-11)12-4-2-1-3-5-12;1-4-9(5-2,6-3)7-8-10;/h1-9H,10H2,(H,15,16);10H,4-8H2,1-3H3;1H/q;+1;/p-2. The largest absolute Gasteiger partial charge is 1.00 e. The number of carboxylic acids is 1. The van der Waals surface area contributed by atoms with Crippen LogP contribution in [0.1, 0.15) is 26.3 Å². The van der Waals surface area contributed by atoms with Crippen molar-refractivity contribution >= 4 is 5.97 Å². The first-order valence-corrected chi connectivity index (χ1v) is 9.30. The maximum atomic E-state index is 10.4. The highest BCUT2D eigenvalue weighted by molar-refractivity contribution is 5.69. The van der Waals surface area contributed by atoms with Crippen molar-refractivity contribution in [1.29, 1.82) is 0 Å². The van der Waals surface area contributed by atoms with Gasteiger partial charge in [-0.2, -0.15) is 0 Å². The van der Waals surface area contributed by atoms with Crippen LogP contribution < -0.4 is 29.1 Å². The summed E-state index contributed by atoms with van der Waals surface area (Å²) in [6.45, 7) is 11.2.